The molecule has 0 aromatic carbocycles. The molecule has 1 N–H and O–H groups in total. The van der Waals surface area contributed by atoms with E-state index in [4.69, 9.17) is 4.52 Å². The molecule has 2 aromatic rings. The van der Waals surface area contributed by atoms with Gasteiger partial charge in [-0.2, -0.15) is 4.98 Å². The maximum absolute atomic E-state index is 5.44. The van der Waals surface area contributed by atoms with Gasteiger partial charge in [0, 0.05) is 24.0 Å². The Kier molecular flexibility index (Phi) is 2.58. The minimum absolute atomic E-state index is 0.406. The average Bonchev–Trinajstić information content (AvgIpc) is 3.15. The average molecular weight is 256 g/mol. The van der Waals surface area contributed by atoms with Gasteiger partial charge >= 0.3 is 0 Å². The van der Waals surface area contributed by atoms with E-state index in [2.05, 4.69) is 20.4 Å². The van der Waals surface area contributed by atoms with Crippen LogP contribution in [0.15, 0.2) is 28.9 Å². The first-order valence-corrected chi connectivity index (χ1v) is 6.87. The van der Waals surface area contributed by atoms with Crippen LogP contribution in [0.5, 0.6) is 0 Å². The molecule has 98 valence electrons. The molecular weight excluding hydrogens is 240 g/mol. The Hall–Kier alpha value is -1.75. The maximum Gasteiger partial charge on any atom is 0.231 e. The van der Waals surface area contributed by atoms with Gasteiger partial charge in [-0.3, -0.25) is 4.98 Å². The third kappa shape index (κ3) is 2.04. The highest BCUT2D eigenvalue weighted by molar-refractivity contribution is 5.13. The molecule has 0 amide bonds. The summed E-state index contributed by atoms with van der Waals surface area (Å²) >= 11 is 0. The Balaban J connectivity index is 1.51. The lowest BCUT2D eigenvalue weighted by molar-refractivity contribution is 0.327. The van der Waals surface area contributed by atoms with Crippen LogP contribution in [0, 0.1) is 0 Å². The summed E-state index contributed by atoms with van der Waals surface area (Å²) in [6.45, 7) is 0. The lowest BCUT2D eigenvalue weighted by Gasteiger charge is -2.15. The molecule has 2 saturated heterocycles. The summed E-state index contributed by atoms with van der Waals surface area (Å²) in [4.78, 5) is 8.83. The highest BCUT2D eigenvalue weighted by Gasteiger charge is 2.42. The fraction of sp³-hybridized carbons (Fsp3) is 0.500. The van der Waals surface area contributed by atoms with E-state index < -0.39 is 0 Å². The number of nitrogens with zero attached hydrogens (tertiary/aromatic N) is 3. The van der Waals surface area contributed by atoms with E-state index in [9.17, 15) is 0 Å². The van der Waals surface area contributed by atoms with Crippen molar-refractivity contribution in [3.8, 4) is 0 Å². The summed E-state index contributed by atoms with van der Waals surface area (Å²) in [5.41, 5.74) is 0.973. The predicted octanol–water partition coefficient (Wildman–Crippen LogP) is 1.66. The fourth-order valence-corrected chi connectivity index (χ4v) is 3.25. The summed E-state index contributed by atoms with van der Waals surface area (Å²) in [5.74, 6) is 1.94. The summed E-state index contributed by atoms with van der Waals surface area (Å²) < 4.78 is 5.44. The molecule has 4 heterocycles. The zero-order valence-corrected chi connectivity index (χ0v) is 10.6. The first-order chi connectivity index (χ1) is 9.38. The Morgan fingerprint density at radius 2 is 2.32 bits per heavy atom. The minimum atomic E-state index is 0.406. The molecule has 0 saturated carbocycles. The first-order valence-electron chi connectivity index (χ1n) is 6.87. The molecule has 0 spiro atoms. The SMILES string of the molecule is c1ccc(Cc2noc(C3CC4CCC3N4)n2)nc1. The quantitative estimate of drug-likeness (QED) is 0.905. The summed E-state index contributed by atoms with van der Waals surface area (Å²) in [5, 5.41) is 7.68. The molecule has 3 atom stereocenters. The minimum Gasteiger partial charge on any atom is -0.339 e. The largest absolute Gasteiger partial charge is 0.339 e. The Bertz CT molecular complexity index is 568. The molecule has 5 nitrogen and oxygen atoms in total. The monoisotopic (exact) mass is 256 g/mol. The summed E-state index contributed by atoms with van der Waals surface area (Å²) in [7, 11) is 0. The van der Waals surface area contributed by atoms with Crippen LogP contribution in [-0.4, -0.2) is 27.2 Å². The van der Waals surface area contributed by atoms with Crippen LogP contribution in [0.4, 0.5) is 0 Å². The molecule has 2 aromatic heterocycles. The number of hydrogen-bond acceptors (Lipinski definition) is 5. The molecular formula is C14H16N4O. The second-order valence-electron chi connectivity index (χ2n) is 5.44. The van der Waals surface area contributed by atoms with Gasteiger partial charge in [-0.15, -0.1) is 0 Å². The molecule has 2 fully saturated rings. The van der Waals surface area contributed by atoms with Gasteiger partial charge in [-0.05, 0) is 31.4 Å². The van der Waals surface area contributed by atoms with Gasteiger partial charge in [0.2, 0.25) is 5.89 Å². The standard InChI is InChI=1S/C14H16N4O/c1-2-6-15-9(3-1)8-13-17-14(19-18-13)11-7-10-4-5-12(11)16-10/h1-3,6,10-12,16H,4-5,7-8H2. The third-order valence-electron chi connectivity index (χ3n) is 4.17. The molecule has 5 heteroatoms. The van der Waals surface area contributed by atoms with E-state index in [1.807, 2.05) is 18.2 Å². The van der Waals surface area contributed by atoms with Crippen molar-refractivity contribution >= 4 is 0 Å². The van der Waals surface area contributed by atoms with Gasteiger partial charge in [0.25, 0.3) is 0 Å². The van der Waals surface area contributed by atoms with Crippen LogP contribution in [0.25, 0.3) is 0 Å². The van der Waals surface area contributed by atoms with Crippen LogP contribution in [0.2, 0.25) is 0 Å². The van der Waals surface area contributed by atoms with E-state index >= 15 is 0 Å². The predicted molar refractivity (Wildman–Crippen MR) is 68.6 cm³/mol. The Morgan fingerprint density at radius 3 is 3.05 bits per heavy atom. The molecule has 0 aliphatic carbocycles. The van der Waals surface area contributed by atoms with Crippen LogP contribution in [0.3, 0.4) is 0 Å². The van der Waals surface area contributed by atoms with Crippen LogP contribution in [-0.2, 0) is 6.42 Å². The van der Waals surface area contributed by atoms with Crippen molar-refractivity contribution in [2.24, 2.45) is 0 Å². The van der Waals surface area contributed by atoms with Gasteiger partial charge < -0.3 is 9.84 Å². The van der Waals surface area contributed by atoms with Gasteiger partial charge in [-0.25, -0.2) is 0 Å². The smallest absolute Gasteiger partial charge is 0.231 e. The van der Waals surface area contributed by atoms with E-state index in [0.717, 1.165) is 23.8 Å². The van der Waals surface area contributed by atoms with Crippen molar-refractivity contribution < 1.29 is 4.52 Å². The molecule has 2 aliphatic rings. The van der Waals surface area contributed by atoms with E-state index in [-0.39, 0.29) is 0 Å². The number of nitrogens with one attached hydrogen (secondary N) is 1. The molecule has 2 bridgehead atoms. The van der Waals surface area contributed by atoms with E-state index in [1.54, 1.807) is 6.20 Å². The zero-order chi connectivity index (χ0) is 12.7. The van der Waals surface area contributed by atoms with Crippen LogP contribution in [0.1, 0.15) is 42.6 Å². The number of aromatic nitrogens is 3. The second-order valence-corrected chi connectivity index (χ2v) is 5.44. The van der Waals surface area contributed by atoms with Gasteiger partial charge in [0.15, 0.2) is 5.82 Å². The van der Waals surface area contributed by atoms with Crippen molar-refractivity contribution in [3.63, 3.8) is 0 Å². The van der Waals surface area contributed by atoms with Gasteiger partial charge in [-0.1, -0.05) is 11.2 Å². The van der Waals surface area contributed by atoms with Crippen molar-refractivity contribution in [1.29, 1.82) is 0 Å². The van der Waals surface area contributed by atoms with Crippen molar-refractivity contribution in [1.82, 2.24) is 20.4 Å². The zero-order valence-electron chi connectivity index (χ0n) is 10.6. The Labute approximate surface area is 111 Å². The molecule has 19 heavy (non-hydrogen) atoms. The van der Waals surface area contributed by atoms with Gasteiger partial charge in [0.1, 0.15) is 0 Å². The number of pyridine rings is 1. The topological polar surface area (TPSA) is 63.8 Å². The molecule has 2 aliphatic heterocycles. The lowest BCUT2D eigenvalue weighted by Crippen LogP contribution is -2.21. The highest BCUT2D eigenvalue weighted by atomic mass is 16.5. The lowest BCUT2D eigenvalue weighted by atomic mass is 9.89. The third-order valence-corrected chi connectivity index (χ3v) is 4.17. The normalized spacial score (nSPS) is 28.9. The van der Waals surface area contributed by atoms with Crippen molar-refractivity contribution in [2.75, 3.05) is 0 Å². The number of rotatable bonds is 3. The van der Waals surface area contributed by atoms with E-state index in [0.29, 0.717) is 24.4 Å². The van der Waals surface area contributed by atoms with Crippen molar-refractivity contribution in [2.45, 2.75) is 43.7 Å². The summed E-state index contributed by atoms with van der Waals surface area (Å²) in [6, 6.07) is 7.05. The fourth-order valence-electron chi connectivity index (χ4n) is 3.25. The first kappa shape index (κ1) is 11.1. The molecule has 4 rings (SSSR count). The molecule has 3 unspecified atom stereocenters. The number of hydrogen-bond donors (Lipinski definition) is 1. The Morgan fingerprint density at radius 1 is 1.32 bits per heavy atom. The molecule has 0 radical (unpaired) electrons. The van der Waals surface area contributed by atoms with Crippen LogP contribution < -0.4 is 5.32 Å². The van der Waals surface area contributed by atoms with Crippen LogP contribution >= 0.6 is 0 Å². The van der Waals surface area contributed by atoms with E-state index in [1.165, 1.54) is 12.8 Å². The number of fused-ring (bicyclic) bond motifs is 2. The maximum atomic E-state index is 5.44. The summed E-state index contributed by atoms with van der Waals surface area (Å²) in [6.07, 6.45) is 6.08. The second kappa shape index (κ2) is 4.42. The van der Waals surface area contributed by atoms with Gasteiger partial charge in [0.05, 0.1) is 12.3 Å². The highest BCUT2D eigenvalue weighted by Crippen LogP contribution is 2.39. The van der Waals surface area contributed by atoms with Crippen molar-refractivity contribution in [3.05, 3.63) is 41.8 Å².